The lowest BCUT2D eigenvalue weighted by atomic mass is 10.0. The van der Waals surface area contributed by atoms with E-state index in [0.717, 1.165) is 24.9 Å². The lowest BCUT2D eigenvalue weighted by molar-refractivity contribution is -0.119. The van der Waals surface area contributed by atoms with Gasteiger partial charge >= 0.3 is 0 Å². The van der Waals surface area contributed by atoms with Crippen LogP contribution in [0.3, 0.4) is 0 Å². The summed E-state index contributed by atoms with van der Waals surface area (Å²) in [6, 6.07) is 5.60. The molecule has 0 saturated carbocycles. The second-order valence-electron chi connectivity index (χ2n) is 5.37. The van der Waals surface area contributed by atoms with E-state index in [0.29, 0.717) is 11.5 Å². The lowest BCUT2D eigenvalue weighted by Gasteiger charge is -2.13. The van der Waals surface area contributed by atoms with Crippen molar-refractivity contribution in [1.29, 1.82) is 0 Å². The van der Waals surface area contributed by atoms with E-state index < -0.39 is 0 Å². The Labute approximate surface area is 119 Å². The van der Waals surface area contributed by atoms with Crippen LogP contribution in [0.1, 0.15) is 33.1 Å². The topological polar surface area (TPSA) is 73.6 Å². The molecule has 1 aliphatic heterocycles. The minimum atomic E-state index is -0.0285. The minimum absolute atomic E-state index is 0.0218. The van der Waals surface area contributed by atoms with Crippen molar-refractivity contribution in [3.8, 4) is 11.5 Å². The zero-order valence-electron chi connectivity index (χ0n) is 12.0. The fourth-order valence-corrected chi connectivity index (χ4v) is 2.12. The largest absolute Gasteiger partial charge is 0.454 e. The van der Waals surface area contributed by atoms with Crippen molar-refractivity contribution in [2.24, 2.45) is 11.7 Å². The van der Waals surface area contributed by atoms with Crippen molar-refractivity contribution < 1.29 is 14.3 Å². The highest BCUT2D eigenvalue weighted by Crippen LogP contribution is 2.34. The van der Waals surface area contributed by atoms with Gasteiger partial charge in [0.1, 0.15) is 0 Å². The van der Waals surface area contributed by atoms with E-state index in [4.69, 9.17) is 15.2 Å². The van der Waals surface area contributed by atoms with E-state index in [-0.39, 0.29) is 24.7 Å². The molecule has 0 radical (unpaired) electrons. The van der Waals surface area contributed by atoms with Crippen LogP contribution in [0.15, 0.2) is 18.2 Å². The number of nitrogens with one attached hydrogen (secondary N) is 1. The molecule has 0 spiro atoms. The van der Waals surface area contributed by atoms with E-state index in [1.807, 2.05) is 19.9 Å². The summed E-state index contributed by atoms with van der Waals surface area (Å²) in [7, 11) is 0. The Kier molecular flexibility index (Phi) is 4.84. The second-order valence-corrected chi connectivity index (χ2v) is 5.37. The van der Waals surface area contributed by atoms with Gasteiger partial charge in [0.2, 0.25) is 12.7 Å². The molecule has 0 aliphatic carbocycles. The third-order valence-corrected chi connectivity index (χ3v) is 3.38. The highest BCUT2D eigenvalue weighted by atomic mass is 16.7. The number of carbonyl (C=O) groups is 1. The summed E-state index contributed by atoms with van der Waals surface area (Å²) in [5.74, 6) is 1.38. The van der Waals surface area contributed by atoms with E-state index in [2.05, 4.69) is 5.32 Å². The number of amides is 1. The number of ether oxygens (including phenoxy) is 2. The maximum Gasteiger partial charge on any atom is 0.231 e. The van der Waals surface area contributed by atoms with Gasteiger partial charge in [0.15, 0.2) is 11.5 Å². The van der Waals surface area contributed by atoms with Crippen LogP contribution in [0.2, 0.25) is 0 Å². The molecular weight excluding hydrogens is 256 g/mol. The van der Waals surface area contributed by atoms with Gasteiger partial charge in [-0.1, -0.05) is 13.3 Å². The van der Waals surface area contributed by atoms with Crippen LogP contribution in [0.5, 0.6) is 11.5 Å². The smallest absolute Gasteiger partial charge is 0.231 e. The molecule has 5 nitrogen and oxygen atoms in total. The maximum atomic E-state index is 12.1. The molecule has 2 rings (SSSR count). The second kappa shape index (κ2) is 6.61. The van der Waals surface area contributed by atoms with Crippen LogP contribution in [-0.4, -0.2) is 18.7 Å². The number of hydrogen-bond acceptors (Lipinski definition) is 4. The fraction of sp³-hybridized carbons (Fsp3) is 0.533. The fourth-order valence-electron chi connectivity index (χ4n) is 2.12. The standard InChI is InChI=1S/C15H22N2O3/c1-10(4-3-5-11(2)16)15(18)17-12-6-7-13-14(8-12)20-9-19-13/h6-8,10-11H,3-5,9,16H2,1-2H3,(H,17,18). The number of anilines is 1. The molecule has 1 aliphatic rings. The van der Waals surface area contributed by atoms with Gasteiger partial charge in [0.25, 0.3) is 0 Å². The summed E-state index contributed by atoms with van der Waals surface area (Å²) < 4.78 is 10.5. The zero-order valence-corrected chi connectivity index (χ0v) is 12.0. The highest BCUT2D eigenvalue weighted by molar-refractivity contribution is 5.92. The summed E-state index contributed by atoms with van der Waals surface area (Å²) in [6.45, 7) is 4.15. The van der Waals surface area contributed by atoms with Crippen LogP contribution in [-0.2, 0) is 4.79 Å². The summed E-state index contributed by atoms with van der Waals surface area (Å²) in [5.41, 5.74) is 6.44. The van der Waals surface area contributed by atoms with Gasteiger partial charge in [0, 0.05) is 23.7 Å². The van der Waals surface area contributed by atoms with Gasteiger partial charge in [-0.25, -0.2) is 0 Å². The summed E-state index contributed by atoms with van der Waals surface area (Å²) in [6.07, 6.45) is 2.76. The SMILES string of the molecule is CC(N)CCCC(C)C(=O)Nc1ccc2c(c1)OCO2. The first-order chi connectivity index (χ1) is 9.56. The molecule has 1 aromatic rings. The Balaban J connectivity index is 1.84. The number of hydrogen-bond donors (Lipinski definition) is 2. The van der Waals surface area contributed by atoms with Gasteiger partial charge in [0.05, 0.1) is 0 Å². The lowest BCUT2D eigenvalue weighted by Crippen LogP contribution is -2.21. The monoisotopic (exact) mass is 278 g/mol. The van der Waals surface area contributed by atoms with E-state index in [1.54, 1.807) is 12.1 Å². The molecule has 1 amide bonds. The van der Waals surface area contributed by atoms with Gasteiger partial charge < -0.3 is 20.5 Å². The molecule has 5 heteroatoms. The molecule has 3 N–H and O–H groups in total. The molecule has 110 valence electrons. The molecule has 2 unspecified atom stereocenters. The Morgan fingerprint density at radius 3 is 2.80 bits per heavy atom. The first kappa shape index (κ1) is 14.7. The Bertz CT molecular complexity index is 474. The molecule has 0 fully saturated rings. The van der Waals surface area contributed by atoms with E-state index in [9.17, 15) is 4.79 Å². The summed E-state index contributed by atoms with van der Waals surface area (Å²) >= 11 is 0. The molecule has 0 bridgehead atoms. The molecule has 20 heavy (non-hydrogen) atoms. The molecular formula is C15H22N2O3. The van der Waals surface area contributed by atoms with Crippen molar-refractivity contribution in [3.05, 3.63) is 18.2 Å². The normalized spacial score (nSPS) is 15.8. The van der Waals surface area contributed by atoms with Crippen LogP contribution < -0.4 is 20.5 Å². The predicted octanol–water partition coefficient (Wildman–Crippen LogP) is 2.51. The van der Waals surface area contributed by atoms with Gasteiger partial charge in [-0.05, 0) is 31.9 Å². The average Bonchev–Trinajstić information content (AvgIpc) is 2.85. The van der Waals surface area contributed by atoms with Crippen LogP contribution >= 0.6 is 0 Å². The molecule has 0 aromatic heterocycles. The van der Waals surface area contributed by atoms with Crippen molar-refractivity contribution >= 4 is 11.6 Å². The molecule has 2 atom stereocenters. The van der Waals surface area contributed by atoms with Gasteiger partial charge in [-0.2, -0.15) is 0 Å². The summed E-state index contributed by atoms with van der Waals surface area (Å²) in [4.78, 5) is 12.1. The summed E-state index contributed by atoms with van der Waals surface area (Å²) in [5, 5.41) is 2.90. The first-order valence-electron chi connectivity index (χ1n) is 7.02. The molecule has 1 aromatic carbocycles. The predicted molar refractivity (Wildman–Crippen MR) is 77.9 cm³/mol. The number of nitrogens with two attached hydrogens (primary N) is 1. The zero-order chi connectivity index (χ0) is 14.5. The molecule has 0 saturated heterocycles. The third-order valence-electron chi connectivity index (χ3n) is 3.38. The van der Waals surface area contributed by atoms with Crippen molar-refractivity contribution in [2.45, 2.75) is 39.2 Å². The minimum Gasteiger partial charge on any atom is -0.454 e. The number of benzene rings is 1. The maximum absolute atomic E-state index is 12.1. The van der Waals surface area contributed by atoms with Crippen LogP contribution in [0, 0.1) is 5.92 Å². The third kappa shape index (κ3) is 3.87. The first-order valence-corrected chi connectivity index (χ1v) is 7.02. The Morgan fingerprint density at radius 2 is 2.05 bits per heavy atom. The van der Waals surface area contributed by atoms with E-state index in [1.165, 1.54) is 0 Å². The Hall–Kier alpha value is -1.75. The van der Waals surface area contributed by atoms with E-state index >= 15 is 0 Å². The van der Waals surface area contributed by atoms with Crippen molar-refractivity contribution in [1.82, 2.24) is 0 Å². The number of carbonyl (C=O) groups excluding carboxylic acids is 1. The average molecular weight is 278 g/mol. The number of rotatable bonds is 6. The van der Waals surface area contributed by atoms with Gasteiger partial charge in [-0.15, -0.1) is 0 Å². The highest BCUT2D eigenvalue weighted by Gasteiger charge is 2.16. The Morgan fingerprint density at radius 1 is 1.30 bits per heavy atom. The van der Waals surface area contributed by atoms with Gasteiger partial charge in [-0.3, -0.25) is 4.79 Å². The van der Waals surface area contributed by atoms with Crippen LogP contribution in [0.4, 0.5) is 5.69 Å². The molecule has 1 heterocycles. The number of fused-ring (bicyclic) bond motifs is 1. The van der Waals surface area contributed by atoms with Crippen molar-refractivity contribution in [2.75, 3.05) is 12.1 Å². The van der Waals surface area contributed by atoms with Crippen LogP contribution in [0.25, 0.3) is 0 Å². The van der Waals surface area contributed by atoms with Crippen molar-refractivity contribution in [3.63, 3.8) is 0 Å². The quantitative estimate of drug-likeness (QED) is 0.838.